The van der Waals surface area contributed by atoms with E-state index in [9.17, 15) is 9.59 Å². The summed E-state index contributed by atoms with van der Waals surface area (Å²) < 4.78 is 0. The van der Waals surface area contributed by atoms with Crippen LogP contribution in [-0.2, 0) is 12.8 Å². The maximum Gasteiger partial charge on any atom is 0.407 e. The summed E-state index contributed by atoms with van der Waals surface area (Å²) in [5.74, 6) is 0.0483. The van der Waals surface area contributed by atoms with E-state index in [2.05, 4.69) is 0 Å². The maximum atomic E-state index is 11.3. The van der Waals surface area contributed by atoms with Gasteiger partial charge < -0.3 is 10.0 Å². The fraction of sp³-hybridized carbons (Fsp3) is 0.385. The Morgan fingerprint density at radius 1 is 1.18 bits per heavy atom. The molecule has 0 bridgehead atoms. The van der Waals surface area contributed by atoms with Crippen molar-refractivity contribution in [1.29, 1.82) is 0 Å². The molecular formula is C13H15NO3. The third-order valence-electron chi connectivity index (χ3n) is 3.19. The maximum absolute atomic E-state index is 11.3. The normalized spacial score (nSPS) is 15.0. The Bertz CT molecular complexity index is 468. The Morgan fingerprint density at radius 2 is 1.82 bits per heavy atom. The average Bonchev–Trinajstić information content (AvgIpc) is 2.50. The van der Waals surface area contributed by atoms with Crippen molar-refractivity contribution in [1.82, 2.24) is 4.90 Å². The Morgan fingerprint density at radius 3 is 2.41 bits per heavy atom. The van der Waals surface area contributed by atoms with Gasteiger partial charge in [-0.15, -0.1) is 0 Å². The van der Waals surface area contributed by atoms with Crippen LogP contribution in [-0.4, -0.2) is 35.0 Å². The van der Waals surface area contributed by atoms with Gasteiger partial charge in [0.15, 0.2) is 5.78 Å². The molecule has 90 valence electrons. The molecule has 0 aromatic heterocycles. The van der Waals surface area contributed by atoms with E-state index in [1.807, 2.05) is 18.2 Å². The summed E-state index contributed by atoms with van der Waals surface area (Å²) in [7, 11) is 0. The number of nitrogens with zero attached hydrogens (tertiary/aromatic N) is 1. The Hall–Kier alpha value is -1.84. The molecule has 2 rings (SSSR count). The van der Waals surface area contributed by atoms with Gasteiger partial charge in [-0.3, -0.25) is 4.79 Å². The van der Waals surface area contributed by atoms with Crippen LogP contribution in [0.25, 0.3) is 0 Å². The highest BCUT2D eigenvalue weighted by Gasteiger charge is 2.17. The van der Waals surface area contributed by atoms with Gasteiger partial charge in [-0.2, -0.15) is 0 Å². The molecule has 1 N–H and O–H groups in total. The average molecular weight is 233 g/mol. The summed E-state index contributed by atoms with van der Waals surface area (Å²) >= 11 is 0. The molecule has 17 heavy (non-hydrogen) atoms. The number of carbonyl (C=O) groups is 2. The number of fused-ring (bicyclic) bond motifs is 1. The first-order valence-corrected chi connectivity index (χ1v) is 5.68. The Labute approximate surface area is 99.9 Å². The van der Waals surface area contributed by atoms with Gasteiger partial charge in [0.25, 0.3) is 0 Å². The van der Waals surface area contributed by atoms with Crippen LogP contribution in [0.4, 0.5) is 4.79 Å². The van der Waals surface area contributed by atoms with Crippen LogP contribution < -0.4 is 0 Å². The fourth-order valence-corrected chi connectivity index (χ4v) is 2.14. The summed E-state index contributed by atoms with van der Waals surface area (Å²) in [4.78, 5) is 23.6. The summed E-state index contributed by atoms with van der Waals surface area (Å²) in [6.45, 7) is 2.58. The molecule has 1 aromatic carbocycles. The Balaban J connectivity index is 2.25. The minimum atomic E-state index is -0.871. The second-order valence-corrected chi connectivity index (χ2v) is 4.31. The van der Waals surface area contributed by atoms with E-state index in [0.29, 0.717) is 25.1 Å². The number of hydrogen-bond acceptors (Lipinski definition) is 2. The number of rotatable bonds is 1. The molecule has 1 aliphatic rings. The van der Waals surface area contributed by atoms with E-state index in [4.69, 9.17) is 5.11 Å². The molecule has 4 nitrogen and oxygen atoms in total. The van der Waals surface area contributed by atoms with Crippen molar-refractivity contribution in [3.8, 4) is 0 Å². The SMILES string of the molecule is CC(=O)c1ccc2c(c1)CCN(C(=O)O)CC2. The first kappa shape index (κ1) is 11.6. The molecule has 0 saturated carbocycles. The van der Waals surface area contributed by atoms with Crippen LogP contribution >= 0.6 is 0 Å². The lowest BCUT2D eigenvalue weighted by molar-refractivity contribution is 0.101. The molecule has 1 heterocycles. The largest absolute Gasteiger partial charge is 0.465 e. The number of amides is 1. The van der Waals surface area contributed by atoms with E-state index in [1.54, 1.807) is 6.92 Å². The number of carbonyl (C=O) groups excluding carboxylic acids is 1. The van der Waals surface area contributed by atoms with Crippen LogP contribution in [0.15, 0.2) is 18.2 Å². The second-order valence-electron chi connectivity index (χ2n) is 4.31. The summed E-state index contributed by atoms with van der Waals surface area (Å²) in [5.41, 5.74) is 2.95. The lowest BCUT2D eigenvalue weighted by atomic mass is 9.99. The monoisotopic (exact) mass is 233 g/mol. The van der Waals surface area contributed by atoms with E-state index in [0.717, 1.165) is 17.5 Å². The molecule has 0 fully saturated rings. The molecule has 0 atom stereocenters. The molecule has 4 heteroatoms. The number of ketones is 1. The third kappa shape index (κ3) is 2.46. The number of carboxylic acid groups (broad SMARTS) is 1. The lowest BCUT2D eigenvalue weighted by Crippen LogP contribution is -2.31. The van der Waals surface area contributed by atoms with Crippen molar-refractivity contribution in [2.75, 3.05) is 13.1 Å². The molecule has 1 amide bonds. The highest BCUT2D eigenvalue weighted by molar-refractivity contribution is 5.94. The summed E-state index contributed by atoms with van der Waals surface area (Å²) in [5, 5.41) is 8.96. The van der Waals surface area contributed by atoms with Crippen molar-refractivity contribution < 1.29 is 14.7 Å². The predicted molar refractivity (Wildman–Crippen MR) is 63.5 cm³/mol. The van der Waals surface area contributed by atoms with Gasteiger partial charge in [0, 0.05) is 18.7 Å². The van der Waals surface area contributed by atoms with Gasteiger partial charge in [0.05, 0.1) is 0 Å². The van der Waals surface area contributed by atoms with Crippen molar-refractivity contribution in [2.24, 2.45) is 0 Å². The molecule has 0 spiro atoms. The van der Waals surface area contributed by atoms with E-state index < -0.39 is 6.09 Å². The molecule has 0 saturated heterocycles. The van der Waals surface area contributed by atoms with E-state index in [1.165, 1.54) is 4.90 Å². The third-order valence-corrected chi connectivity index (χ3v) is 3.19. The zero-order valence-electron chi connectivity index (χ0n) is 9.77. The second kappa shape index (κ2) is 4.57. The van der Waals surface area contributed by atoms with Crippen molar-refractivity contribution in [3.63, 3.8) is 0 Å². The summed E-state index contributed by atoms with van der Waals surface area (Å²) in [6.07, 6.45) is 0.535. The topological polar surface area (TPSA) is 57.6 Å². The molecule has 1 aliphatic heterocycles. The van der Waals surface area contributed by atoms with Crippen LogP contribution in [0, 0.1) is 0 Å². The molecule has 1 aromatic rings. The van der Waals surface area contributed by atoms with E-state index >= 15 is 0 Å². The van der Waals surface area contributed by atoms with Crippen LogP contribution in [0.1, 0.15) is 28.4 Å². The minimum Gasteiger partial charge on any atom is -0.465 e. The van der Waals surface area contributed by atoms with Gasteiger partial charge in [0.2, 0.25) is 0 Å². The molecule has 0 radical (unpaired) electrons. The smallest absolute Gasteiger partial charge is 0.407 e. The van der Waals surface area contributed by atoms with Crippen LogP contribution in [0.2, 0.25) is 0 Å². The highest BCUT2D eigenvalue weighted by atomic mass is 16.4. The molecular weight excluding hydrogens is 218 g/mol. The first-order valence-electron chi connectivity index (χ1n) is 5.68. The van der Waals surface area contributed by atoms with Crippen molar-refractivity contribution in [2.45, 2.75) is 19.8 Å². The fourth-order valence-electron chi connectivity index (χ4n) is 2.14. The van der Waals surface area contributed by atoms with E-state index in [-0.39, 0.29) is 5.78 Å². The summed E-state index contributed by atoms with van der Waals surface area (Å²) in [6, 6.07) is 5.65. The molecule has 0 aliphatic carbocycles. The Kier molecular flexibility index (Phi) is 3.13. The quantitative estimate of drug-likeness (QED) is 0.754. The first-order chi connectivity index (χ1) is 8.08. The van der Waals surface area contributed by atoms with Gasteiger partial charge in [-0.05, 0) is 37.0 Å². The number of hydrogen-bond donors (Lipinski definition) is 1. The lowest BCUT2D eigenvalue weighted by Gasteiger charge is -2.14. The van der Waals surface area contributed by atoms with Crippen molar-refractivity contribution >= 4 is 11.9 Å². The molecule has 0 unspecified atom stereocenters. The highest BCUT2D eigenvalue weighted by Crippen LogP contribution is 2.18. The van der Waals surface area contributed by atoms with Gasteiger partial charge >= 0.3 is 6.09 Å². The van der Waals surface area contributed by atoms with Crippen LogP contribution in [0.3, 0.4) is 0 Å². The van der Waals surface area contributed by atoms with Gasteiger partial charge in [0.1, 0.15) is 0 Å². The zero-order chi connectivity index (χ0) is 12.4. The van der Waals surface area contributed by atoms with Crippen LogP contribution in [0.5, 0.6) is 0 Å². The van der Waals surface area contributed by atoms with Crippen molar-refractivity contribution in [3.05, 3.63) is 34.9 Å². The zero-order valence-corrected chi connectivity index (χ0v) is 9.77. The number of Topliss-reactive ketones (excluding diaryl/α,β-unsaturated/α-hetero) is 1. The predicted octanol–water partition coefficient (Wildman–Crippen LogP) is 1.97. The number of benzene rings is 1. The van der Waals surface area contributed by atoms with Gasteiger partial charge in [-0.25, -0.2) is 4.79 Å². The van der Waals surface area contributed by atoms with Gasteiger partial charge in [-0.1, -0.05) is 12.1 Å². The standard InChI is InChI=1S/C13H15NO3/c1-9(15)11-3-2-10-4-6-14(13(16)17)7-5-12(10)8-11/h2-3,8H,4-7H2,1H3,(H,16,17). The minimum absolute atomic E-state index is 0.0483.